The van der Waals surface area contributed by atoms with Gasteiger partial charge in [-0.05, 0) is 31.0 Å². The van der Waals surface area contributed by atoms with Crippen LogP contribution in [0.5, 0.6) is 5.75 Å². The molecule has 0 amide bonds. The third-order valence-corrected chi connectivity index (χ3v) is 4.27. The summed E-state index contributed by atoms with van der Waals surface area (Å²) < 4.78 is 23.9. The van der Waals surface area contributed by atoms with Crippen LogP contribution >= 0.6 is 0 Å². The van der Waals surface area contributed by atoms with Crippen molar-refractivity contribution >= 4 is 17.3 Å². The Morgan fingerprint density at radius 1 is 1.15 bits per heavy atom. The van der Waals surface area contributed by atoms with Gasteiger partial charge in [0.25, 0.3) is 5.69 Å². The van der Waals surface area contributed by atoms with Gasteiger partial charge in [0.1, 0.15) is 13.2 Å². The maximum Gasteiger partial charge on any atom is 0.340 e. The molecule has 2 aromatic carbocycles. The van der Waals surface area contributed by atoms with E-state index < -0.39 is 16.7 Å². The Kier molecular flexibility index (Phi) is 5.85. The highest BCUT2D eigenvalue weighted by Crippen LogP contribution is 2.29. The molecule has 0 saturated carbocycles. The van der Waals surface area contributed by atoms with Gasteiger partial charge in [-0.15, -0.1) is 0 Å². The zero-order valence-corrected chi connectivity index (χ0v) is 14.6. The van der Waals surface area contributed by atoms with Crippen LogP contribution in [-0.4, -0.2) is 37.2 Å². The molecule has 8 heteroatoms. The summed E-state index contributed by atoms with van der Waals surface area (Å²) in [5, 5.41) is 11.0. The molecule has 0 aromatic heterocycles. The molecule has 1 fully saturated rings. The minimum atomic E-state index is -0.669. The number of ether oxygens (including phenoxy) is 2. The van der Waals surface area contributed by atoms with E-state index in [-0.39, 0.29) is 30.2 Å². The van der Waals surface area contributed by atoms with E-state index in [2.05, 4.69) is 0 Å². The molecular weight excluding hydrogens is 355 g/mol. The largest absolute Gasteiger partial charge is 0.487 e. The molecule has 0 unspecified atom stereocenters. The van der Waals surface area contributed by atoms with Crippen LogP contribution in [0.15, 0.2) is 42.5 Å². The van der Waals surface area contributed by atoms with Crippen LogP contribution in [0.1, 0.15) is 23.2 Å². The molecule has 0 aliphatic carbocycles. The van der Waals surface area contributed by atoms with Crippen LogP contribution in [0, 0.1) is 15.9 Å². The Morgan fingerprint density at radius 3 is 2.59 bits per heavy atom. The van der Waals surface area contributed by atoms with Crippen LogP contribution in [0.25, 0.3) is 0 Å². The highest BCUT2D eigenvalue weighted by atomic mass is 19.1. The average molecular weight is 374 g/mol. The monoisotopic (exact) mass is 374 g/mol. The van der Waals surface area contributed by atoms with Crippen molar-refractivity contribution in [3.8, 4) is 5.75 Å². The van der Waals surface area contributed by atoms with Crippen LogP contribution in [0.3, 0.4) is 0 Å². The molecule has 3 rings (SSSR count). The number of benzene rings is 2. The fourth-order valence-electron chi connectivity index (χ4n) is 2.96. The van der Waals surface area contributed by atoms with Crippen LogP contribution < -0.4 is 9.64 Å². The van der Waals surface area contributed by atoms with Crippen molar-refractivity contribution in [3.63, 3.8) is 0 Å². The van der Waals surface area contributed by atoms with Crippen molar-refractivity contribution in [3.05, 3.63) is 64.0 Å². The fraction of sp³-hybridized carbons (Fsp3) is 0.316. The van der Waals surface area contributed by atoms with Gasteiger partial charge in [0, 0.05) is 25.2 Å². The van der Waals surface area contributed by atoms with Gasteiger partial charge in [-0.3, -0.25) is 10.1 Å². The Balaban J connectivity index is 1.66. The number of nitro benzene ring substituents is 1. The van der Waals surface area contributed by atoms with Gasteiger partial charge in [-0.25, -0.2) is 9.18 Å². The van der Waals surface area contributed by atoms with E-state index in [1.165, 1.54) is 24.3 Å². The molecule has 1 aliphatic rings. The zero-order valence-electron chi connectivity index (χ0n) is 14.6. The number of nitrogens with zero attached hydrogens (tertiary/aromatic N) is 2. The van der Waals surface area contributed by atoms with E-state index in [0.717, 1.165) is 25.9 Å². The van der Waals surface area contributed by atoms with Gasteiger partial charge in [-0.2, -0.15) is 0 Å². The Bertz CT molecular complexity index is 837. The molecule has 0 radical (unpaired) electrons. The number of carbonyl (C=O) groups excluding carboxylic acids is 1. The highest BCUT2D eigenvalue weighted by Gasteiger charge is 2.23. The van der Waals surface area contributed by atoms with Gasteiger partial charge >= 0.3 is 5.97 Å². The molecule has 142 valence electrons. The summed E-state index contributed by atoms with van der Waals surface area (Å²) in [7, 11) is 0. The summed E-state index contributed by atoms with van der Waals surface area (Å²) in [6.45, 7) is 1.44. The first-order chi connectivity index (χ1) is 13.1. The lowest BCUT2D eigenvalue weighted by Gasteiger charge is -2.20. The third-order valence-electron chi connectivity index (χ3n) is 4.27. The Morgan fingerprint density at radius 2 is 1.89 bits per heavy atom. The molecule has 2 aromatic rings. The quantitative estimate of drug-likeness (QED) is 0.319. The van der Waals surface area contributed by atoms with Crippen molar-refractivity contribution in [1.82, 2.24) is 0 Å². The molecule has 0 bridgehead atoms. The number of anilines is 1. The molecule has 1 saturated heterocycles. The van der Waals surface area contributed by atoms with Crippen molar-refractivity contribution in [2.24, 2.45) is 0 Å². The lowest BCUT2D eigenvalue weighted by Crippen LogP contribution is -2.22. The standard InChI is InChI=1S/C19H19FN2O5/c20-16-5-1-2-6-18(16)26-11-12-27-19(23)15-13-14(22(24)25)7-8-17(15)21-9-3-4-10-21/h1-2,5-8,13H,3-4,9-12H2. The van der Waals surface area contributed by atoms with E-state index in [4.69, 9.17) is 9.47 Å². The summed E-state index contributed by atoms with van der Waals surface area (Å²) in [5.41, 5.74) is 0.600. The molecule has 27 heavy (non-hydrogen) atoms. The van der Waals surface area contributed by atoms with Crippen molar-refractivity contribution < 1.29 is 23.6 Å². The fourth-order valence-corrected chi connectivity index (χ4v) is 2.96. The first-order valence-electron chi connectivity index (χ1n) is 8.64. The summed E-state index contributed by atoms with van der Waals surface area (Å²) in [5.74, 6) is -1.10. The molecule has 7 nitrogen and oxygen atoms in total. The second kappa shape index (κ2) is 8.48. The van der Waals surface area contributed by atoms with Crippen LogP contribution in [0.2, 0.25) is 0 Å². The maximum atomic E-state index is 13.5. The molecule has 0 N–H and O–H groups in total. The number of hydrogen-bond donors (Lipinski definition) is 0. The van der Waals surface area contributed by atoms with Crippen molar-refractivity contribution in [2.75, 3.05) is 31.2 Å². The molecule has 0 atom stereocenters. The predicted molar refractivity (Wildman–Crippen MR) is 96.7 cm³/mol. The predicted octanol–water partition coefficient (Wildman–Crippen LogP) is 3.57. The van der Waals surface area contributed by atoms with E-state index in [9.17, 15) is 19.3 Å². The van der Waals surface area contributed by atoms with Gasteiger partial charge in [0.05, 0.1) is 16.2 Å². The number of nitro groups is 1. The van der Waals surface area contributed by atoms with Gasteiger partial charge in [0.15, 0.2) is 11.6 Å². The Hall–Kier alpha value is -3.16. The lowest BCUT2D eigenvalue weighted by molar-refractivity contribution is -0.384. The van der Waals surface area contributed by atoms with Gasteiger partial charge < -0.3 is 14.4 Å². The summed E-state index contributed by atoms with van der Waals surface area (Å²) in [4.78, 5) is 25.0. The minimum Gasteiger partial charge on any atom is -0.487 e. The average Bonchev–Trinajstić information content (AvgIpc) is 3.20. The van der Waals surface area contributed by atoms with E-state index >= 15 is 0 Å². The summed E-state index contributed by atoms with van der Waals surface area (Å²) in [6, 6.07) is 10.1. The van der Waals surface area contributed by atoms with E-state index in [0.29, 0.717) is 5.69 Å². The maximum absolute atomic E-state index is 13.5. The number of esters is 1. The molecular formula is C19H19FN2O5. The normalized spacial score (nSPS) is 13.4. The minimum absolute atomic E-state index is 0.0271. The lowest BCUT2D eigenvalue weighted by atomic mass is 10.1. The number of rotatable bonds is 7. The Labute approximate surface area is 155 Å². The highest BCUT2D eigenvalue weighted by molar-refractivity contribution is 5.96. The zero-order chi connectivity index (χ0) is 19.2. The summed E-state index contributed by atoms with van der Waals surface area (Å²) >= 11 is 0. The number of halogens is 1. The second-order valence-corrected chi connectivity index (χ2v) is 6.07. The van der Waals surface area contributed by atoms with Gasteiger partial charge in [0.2, 0.25) is 0 Å². The van der Waals surface area contributed by atoms with E-state index in [1.807, 2.05) is 4.90 Å². The molecule has 0 spiro atoms. The van der Waals surface area contributed by atoms with Crippen LogP contribution in [0.4, 0.5) is 15.8 Å². The first kappa shape index (κ1) is 18.6. The first-order valence-corrected chi connectivity index (χ1v) is 8.64. The number of non-ortho nitro benzene ring substituents is 1. The SMILES string of the molecule is O=C(OCCOc1ccccc1F)c1cc([N+](=O)[O-])ccc1N1CCCC1. The third kappa shape index (κ3) is 4.52. The molecule has 1 aliphatic heterocycles. The summed E-state index contributed by atoms with van der Waals surface area (Å²) in [6.07, 6.45) is 2.00. The molecule has 1 heterocycles. The van der Waals surface area contributed by atoms with E-state index in [1.54, 1.807) is 18.2 Å². The number of para-hydroxylation sites is 1. The van der Waals surface area contributed by atoms with Crippen molar-refractivity contribution in [1.29, 1.82) is 0 Å². The number of hydrogen-bond acceptors (Lipinski definition) is 6. The van der Waals surface area contributed by atoms with Crippen LogP contribution in [-0.2, 0) is 4.74 Å². The number of carbonyl (C=O) groups is 1. The second-order valence-electron chi connectivity index (χ2n) is 6.07. The van der Waals surface area contributed by atoms with Gasteiger partial charge in [-0.1, -0.05) is 12.1 Å². The topological polar surface area (TPSA) is 81.9 Å². The smallest absolute Gasteiger partial charge is 0.340 e. The van der Waals surface area contributed by atoms with Crippen molar-refractivity contribution in [2.45, 2.75) is 12.8 Å².